The first-order valence-corrected chi connectivity index (χ1v) is 6.81. The summed E-state index contributed by atoms with van der Waals surface area (Å²) in [4.78, 5) is 14.9. The lowest BCUT2D eigenvalue weighted by molar-refractivity contribution is -0.146. The van der Waals surface area contributed by atoms with E-state index in [9.17, 15) is 4.79 Å². The van der Waals surface area contributed by atoms with Gasteiger partial charge in [0.2, 0.25) is 0 Å². The molecule has 0 aliphatic heterocycles. The second kappa shape index (κ2) is 5.24. The maximum atomic E-state index is 11.8. The van der Waals surface area contributed by atoms with Crippen molar-refractivity contribution in [2.45, 2.75) is 19.9 Å². The summed E-state index contributed by atoms with van der Waals surface area (Å²) < 4.78 is 8.28. The lowest BCUT2D eigenvalue weighted by Crippen LogP contribution is -2.19. The first-order chi connectivity index (χ1) is 8.54. The maximum Gasteiger partial charge on any atom is 0.328 e. The third-order valence-electron chi connectivity index (χ3n) is 2.69. The van der Waals surface area contributed by atoms with Crippen molar-refractivity contribution >= 4 is 45.2 Å². The Hall–Kier alpha value is -1.14. The number of carbonyl (C=O) groups excluding carboxylic acids is 1. The molecule has 1 heterocycles. The molecule has 0 aliphatic rings. The summed E-state index contributed by atoms with van der Waals surface area (Å²) in [5, 5.41) is 0. The fourth-order valence-electron chi connectivity index (χ4n) is 1.86. The Balaban J connectivity index is 2.54. The van der Waals surface area contributed by atoms with E-state index in [0.717, 1.165) is 15.5 Å². The van der Waals surface area contributed by atoms with Crippen LogP contribution in [0, 0.1) is 4.77 Å². The number of hydrogen-bond donors (Lipinski definition) is 1. The van der Waals surface area contributed by atoms with Crippen molar-refractivity contribution in [3.05, 3.63) is 27.4 Å². The lowest BCUT2D eigenvalue weighted by atomic mass is 10.3. The highest BCUT2D eigenvalue weighted by molar-refractivity contribution is 9.10. The van der Waals surface area contributed by atoms with Crippen molar-refractivity contribution in [2.75, 3.05) is 6.61 Å². The Bertz CT molecular complexity index is 647. The van der Waals surface area contributed by atoms with Crippen molar-refractivity contribution in [2.24, 2.45) is 0 Å². The topological polar surface area (TPSA) is 47.0 Å². The molecule has 0 bridgehead atoms. The summed E-state index contributed by atoms with van der Waals surface area (Å²) in [7, 11) is 0. The van der Waals surface area contributed by atoms with Crippen LogP contribution in [0.5, 0.6) is 0 Å². The molecule has 96 valence electrons. The standard InChI is InChI=1S/C12H13BrN2O2S/c1-3-17-11(16)7(2)15-10-5-4-8(13)6-9(10)14-12(15)18/h4-7H,3H2,1-2H3,(H,14,18). The average molecular weight is 329 g/mol. The second-order valence-corrected chi connectivity index (χ2v) is 5.19. The molecular formula is C12H13BrN2O2S. The molecule has 1 aromatic carbocycles. The van der Waals surface area contributed by atoms with Crippen LogP contribution in [0.3, 0.4) is 0 Å². The van der Waals surface area contributed by atoms with Crippen LogP contribution in [0.2, 0.25) is 0 Å². The van der Waals surface area contributed by atoms with Gasteiger partial charge in [-0.1, -0.05) is 15.9 Å². The first-order valence-electron chi connectivity index (χ1n) is 5.61. The largest absolute Gasteiger partial charge is 0.464 e. The van der Waals surface area contributed by atoms with Gasteiger partial charge in [-0.05, 0) is 44.3 Å². The molecule has 18 heavy (non-hydrogen) atoms. The SMILES string of the molecule is CCOC(=O)C(C)n1c(=S)[nH]c2cc(Br)ccc21. The summed E-state index contributed by atoms with van der Waals surface area (Å²) in [5.74, 6) is -0.280. The van der Waals surface area contributed by atoms with E-state index in [1.54, 1.807) is 18.4 Å². The van der Waals surface area contributed by atoms with Gasteiger partial charge in [-0.3, -0.25) is 0 Å². The van der Waals surface area contributed by atoms with E-state index in [1.807, 2.05) is 18.2 Å². The fraction of sp³-hybridized carbons (Fsp3) is 0.333. The predicted octanol–water partition coefficient (Wildman–Crippen LogP) is 3.59. The molecule has 4 nitrogen and oxygen atoms in total. The van der Waals surface area contributed by atoms with Crippen LogP contribution >= 0.6 is 28.1 Å². The van der Waals surface area contributed by atoms with E-state index >= 15 is 0 Å². The number of nitrogens with one attached hydrogen (secondary N) is 1. The summed E-state index contributed by atoms with van der Waals surface area (Å²) in [6.45, 7) is 3.93. The van der Waals surface area contributed by atoms with Gasteiger partial charge in [0.05, 0.1) is 17.6 Å². The monoisotopic (exact) mass is 328 g/mol. The molecule has 0 amide bonds. The van der Waals surface area contributed by atoms with Gasteiger partial charge in [0.1, 0.15) is 6.04 Å². The number of esters is 1. The van der Waals surface area contributed by atoms with Gasteiger partial charge < -0.3 is 14.3 Å². The summed E-state index contributed by atoms with van der Waals surface area (Å²) in [6, 6.07) is 5.33. The molecule has 0 radical (unpaired) electrons. The Morgan fingerprint density at radius 2 is 2.33 bits per heavy atom. The molecule has 0 aliphatic carbocycles. The van der Waals surface area contributed by atoms with Gasteiger partial charge >= 0.3 is 5.97 Å². The van der Waals surface area contributed by atoms with E-state index in [2.05, 4.69) is 20.9 Å². The Kier molecular flexibility index (Phi) is 3.87. The van der Waals surface area contributed by atoms with E-state index in [1.165, 1.54) is 0 Å². The molecule has 2 rings (SSSR count). The van der Waals surface area contributed by atoms with E-state index in [-0.39, 0.29) is 5.97 Å². The fourth-order valence-corrected chi connectivity index (χ4v) is 2.58. The Labute approximate surface area is 118 Å². The zero-order valence-electron chi connectivity index (χ0n) is 10.1. The van der Waals surface area contributed by atoms with Crippen LogP contribution in [0.15, 0.2) is 22.7 Å². The van der Waals surface area contributed by atoms with Crippen LogP contribution in [0.4, 0.5) is 0 Å². The second-order valence-electron chi connectivity index (χ2n) is 3.89. The number of carbonyl (C=O) groups is 1. The molecule has 0 fully saturated rings. The summed E-state index contributed by atoms with van der Waals surface area (Å²) >= 11 is 8.66. The highest BCUT2D eigenvalue weighted by Gasteiger charge is 2.19. The number of rotatable bonds is 3. The highest BCUT2D eigenvalue weighted by Crippen LogP contribution is 2.23. The van der Waals surface area contributed by atoms with Gasteiger partial charge in [-0.25, -0.2) is 4.79 Å². The molecule has 0 saturated heterocycles. The van der Waals surface area contributed by atoms with E-state index in [0.29, 0.717) is 11.4 Å². The normalized spacial score (nSPS) is 12.6. The number of aromatic amines is 1. The maximum absolute atomic E-state index is 11.8. The molecule has 0 spiro atoms. The van der Waals surface area contributed by atoms with E-state index in [4.69, 9.17) is 17.0 Å². The molecule has 6 heteroatoms. The highest BCUT2D eigenvalue weighted by atomic mass is 79.9. The molecule has 1 aromatic heterocycles. The van der Waals surface area contributed by atoms with Gasteiger partial charge in [-0.2, -0.15) is 0 Å². The number of imidazole rings is 1. The molecule has 2 aromatic rings. The number of aromatic nitrogens is 2. The van der Waals surface area contributed by atoms with Crippen molar-refractivity contribution in [3.63, 3.8) is 0 Å². The summed E-state index contributed by atoms with van der Waals surface area (Å²) in [6.07, 6.45) is 0. The Morgan fingerprint density at radius 3 is 3.00 bits per heavy atom. The van der Waals surface area contributed by atoms with Crippen LogP contribution in [0.25, 0.3) is 11.0 Å². The summed E-state index contributed by atoms with van der Waals surface area (Å²) in [5.41, 5.74) is 1.79. The third-order valence-corrected chi connectivity index (χ3v) is 3.49. The van der Waals surface area contributed by atoms with Gasteiger partial charge in [-0.15, -0.1) is 0 Å². The van der Waals surface area contributed by atoms with Crippen LogP contribution in [0.1, 0.15) is 19.9 Å². The molecule has 1 N–H and O–H groups in total. The molecule has 1 atom stereocenters. The smallest absolute Gasteiger partial charge is 0.328 e. The quantitative estimate of drug-likeness (QED) is 0.691. The molecule has 1 unspecified atom stereocenters. The van der Waals surface area contributed by atoms with Crippen LogP contribution in [-0.2, 0) is 9.53 Å². The van der Waals surface area contributed by atoms with Gasteiger partial charge in [0.25, 0.3) is 0 Å². The third kappa shape index (κ3) is 2.35. The van der Waals surface area contributed by atoms with Crippen molar-refractivity contribution in [1.29, 1.82) is 0 Å². The minimum absolute atomic E-state index is 0.280. The number of nitrogens with zero attached hydrogens (tertiary/aromatic N) is 1. The van der Waals surface area contributed by atoms with Crippen LogP contribution < -0.4 is 0 Å². The number of fused-ring (bicyclic) bond motifs is 1. The van der Waals surface area contributed by atoms with Crippen molar-refractivity contribution in [3.8, 4) is 0 Å². The minimum atomic E-state index is -0.438. The molecule has 0 saturated carbocycles. The number of ether oxygens (including phenoxy) is 1. The lowest BCUT2D eigenvalue weighted by Gasteiger charge is -2.13. The van der Waals surface area contributed by atoms with E-state index < -0.39 is 6.04 Å². The van der Waals surface area contributed by atoms with Crippen molar-refractivity contribution < 1.29 is 9.53 Å². The van der Waals surface area contributed by atoms with Crippen LogP contribution in [-0.4, -0.2) is 22.1 Å². The first kappa shape index (κ1) is 13.3. The average Bonchev–Trinajstić information content (AvgIpc) is 2.63. The number of H-pyrrole nitrogens is 1. The number of hydrogen-bond acceptors (Lipinski definition) is 3. The van der Waals surface area contributed by atoms with Gasteiger partial charge in [0.15, 0.2) is 4.77 Å². The number of benzene rings is 1. The van der Waals surface area contributed by atoms with Gasteiger partial charge in [0, 0.05) is 4.47 Å². The minimum Gasteiger partial charge on any atom is -0.464 e. The predicted molar refractivity (Wildman–Crippen MR) is 76.2 cm³/mol. The Morgan fingerprint density at radius 1 is 1.61 bits per heavy atom. The number of halogens is 1. The van der Waals surface area contributed by atoms with Crippen molar-refractivity contribution in [1.82, 2.24) is 9.55 Å². The molecular weight excluding hydrogens is 316 g/mol. The zero-order valence-corrected chi connectivity index (χ0v) is 12.5. The zero-order chi connectivity index (χ0) is 13.3.